The van der Waals surface area contributed by atoms with Crippen molar-refractivity contribution in [1.82, 2.24) is 14.9 Å². The molecule has 0 saturated heterocycles. The van der Waals surface area contributed by atoms with Gasteiger partial charge in [-0.05, 0) is 22.9 Å². The maximum Gasteiger partial charge on any atom is 0.256 e. The molecule has 1 amide bonds. The third-order valence-corrected chi connectivity index (χ3v) is 1.97. The van der Waals surface area contributed by atoms with Gasteiger partial charge in [-0.25, -0.2) is 9.97 Å². The largest absolute Gasteiger partial charge is 0.345 e. The standard InChI is InChI=1S/C8H10BrN3O/c1-5-6(7(13)12(2)3)4-10-8(9)11-5/h4H,1-3H3. The Kier molecular flexibility index (Phi) is 2.98. The summed E-state index contributed by atoms with van der Waals surface area (Å²) in [6, 6.07) is 0. The van der Waals surface area contributed by atoms with E-state index in [1.165, 1.54) is 11.1 Å². The quantitative estimate of drug-likeness (QED) is 0.698. The van der Waals surface area contributed by atoms with Crippen LogP contribution in [0, 0.1) is 6.92 Å². The van der Waals surface area contributed by atoms with Crippen molar-refractivity contribution in [3.63, 3.8) is 0 Å². The molecule has 1 aromatic heterocycles. The zero-order chi connectivity index (χ0) is 10.0. The van der Waals surface area contributed by atoms with Crippen molar-refractivity contribution in [1.29, 1.82) is 0 Å². The Morgan fingerprint density at radius 1 is 1.54 bits per heavy atom. The molecule has 0 aliphatic rings. The van der Waals surface area contributed by atoms with Crippen LogP contribution >= 0.6 is 15.9 Å². The number of halogens is 1. The normalized spacial score (nSPS) is 9.85. The Balaban J connectivity index is 3.09. The molecule has 0 N–H and O–H groups in total. The Hall–Kier alpha value is -0.970. The Morgan fingerprint density at radius 2 is 2.15 bits per heavy atom. The minimum Gasteiger partial charge on any atom is -0.345 e. The first-order chi connectivity index (χ1) is 6.02. The van der Waals surface area contributed by atoms with E-state index < -0.39 is 0 Å². The highest BCUT2D eigenvalue weighted by Crippen LogP contribution is 2.09. The summed E-state index contributed by atoms with van der Waals surface area (Å²) in [7, 11) is 3.40. The van der Waals surface area contributed by atoms with Gasteiger partial charge < -0.3 is 4.90 Å². The van der Waals surface area contributed by atoms with Crippen molar-refractivity contribution in [2.45, 2.75) is 6.92 Å². The topological polar surface area (TPSA) is 46.1 Å². The van der Waals surface area contributed by atoms with Crippen LogP contribution in [0.4, 0.5) is 0 Å². The lowest BCUT2D eigenvalue weighted by Gasteiger charge is -2.10. The van der Waals surface area contributed by atoms with Crippen molar-refractivity contribution in [2.24, 2.45) is 0 Å². The van der Waals surface area contributed by atoms with Gasteiger partial charge >= 0.3 is 0 Å². The van der Waals surface area contributed by atoms with E-state index in [2.05, 4.69) is 25.9 Å². The lowest BCUT2D eigenvalue weighted by atomic mass is 10.2. The summed E-state index contributed by atoms with van der Waals surface area (Å²) in [6.07, 6.45) is 1.52. The Bertz CT molecular complexity index is 338. The van der Waals surface area contributed by atoms with Crippen LogP contribution in [0.5, 0.6) is 0 Å². The van der Waals surface area contributed by atoms with Gasteiger partial charge in [0.2, 0.25) is 0 Å². The number of rotatable bonds is 1. The minimum absolute atomic E-state index is 0.0787. The zero-order valence-electron chi connectivity index (χ0n) is 7.71. The molecule has 4 nitrogen and oxygen atoms in total. The number of carbonyl (C=O) groups is 1. The minimum atomic E-state index is -0.0787. The smallest absolute Gasteiger partial charge is 0.256 e. The van der Waals surface area contributed by atoms with Gasteiger partial charge in [-0.2, -0.15) is 0 Å². The SMILES string of the molecule is Cc1nc(Br)ncc1C(=O)N(C)C. The maximum absolute atomic E-state index is 11.5. The molecule has 1 rings (SSSR count). The van der Waals surface area contributed by atoms with Crippen LogP contribution in [0.2, 0.25) is 0 Å². The van der Waals surface area contributed by atoms with Crippen LogP contribution in [0.15, 0.2) is 10.9 Å². The molecule has 13 heavy (non-hydrogen) atoms. The van der Waals surface area contributed by atoms with Crippen molar-refractivity contribution >= 4 is 21.8 Å². The van der Waals surface area contributed by atoms with Crippen LogP contribution in [-0.2, 0) is 0 Å². The van der Waals surface area contributed by atoms with Crippen LogP contribution in [-0.4, -0.2) is 34.9 Å². The van der Waals surface area contributed by atoms with E-state index in [1.54, 1.807) is 21.0 Å². The van der Waals surface area contributed by atoms with E-state index in [9.17, 15) is 4.79 Å². The second-order valence-electron chi connectivity index (χ2n) is 2.84. The zero-order valence-corrected chi connectivity index (χ0v) is 9.29. The summed E-state index contributed by atoms with van der Waals surface area (Å²) < 4.78 is 0.500. The third kappa shape index (κ3) is 2.24. The van der Waals surface area contributed by atoms with E-state index in [4.69, 9.17) is 0 Å². The number of aromatic nitrogens is 2. The predicted octanol–water partition coefficient (Wildman–Crippen LogP) is 1.25. The molecule has 0 saturated carbocycles. The van der Waals surface area contributed by atoms with Gasteiger partial charge in [0.25, 0.3) is 5.91 Å². The molecule has 1 heterocycles. The van der Waals surface area contributed by atoms with Crippen molar-refractivity contribution in [3.8, 4) is 0 Å². The first-order valence-corrected chi connectivity index (χ1v) is 4.52. The third-order valence-electron chi connectivity index (χ3n) is 1.59. The molecule has 5 heteroatoms. The lowest BCUT2D eigenvalue weighted by Crippen LogP contribution is -2.23. The average molecular weight is 244 g/mol. The van der Waals surface area contributed by atoms with Gasteiger partial charge in [-0.15, -0.1) is 0 Å². The van der Waals surface area contributed by atoms with Gasteiger partial charge in [0.1, 0.15) is 0 Å². The Morgan fingerprint density at radius 3 is 2.62 bits per heavy atom. The second-order valence-corrected chi connectivity index (χ2v) is 3.55. The Labute approximate surface area is 85.1 Å². The summed E-state index contributed by atoms with van der Waals surface area (Å²) >= 11 is 3.14. The summed E-state index contributed by atoms with van der Waals surface area (Å²) in [5, 5.41) is 0. The van der Waals surface area contributed by atoms with Crippen LogP contribution in [0.1, 0.15) is 16.1 Å². The molecule has 70 valence electrons. The second kappa shape index (κ2) is 3.83. The van der Waals surface area contributed by atoms with E-state index in [-0.39, 0.29) is 5.91 Å². The number of carbonyl (C=O) groups excluding carboxylic acids is 1. The highest BCUT2D eigenvalue weighted by atomic mass is 79.9. The van der Waals surface area contributed by atoms with Crippen LogP contribution in [0.3, 0.4) is 0 Å². The summed E-state index contributed by atoms with van der Waals surface area (Å²) in [6.45, 7) is 1.78. The molecule has 0 aromatic carbocycles. The van der Waals surface area contributed by atoms with Gasteiger partial charge in [-0.3, -0.25) is 4.79 Å². The number of hydrogen-bond acceptors (Lipinski definition) is 3. The number of nitrogens with zero attached hydrogens (tertiary/aromatic N) is 3. The van der Waals surface area contributed by atoms with Crippen molar-refractivity contribution in [3.05, 3.63) is 22.2 Å². The van der Waals surface area contributed by atoms with Crippen LogP contribution < -0.4 is 0 Å². The van der Waals surface area contributed by atoms with Gasteiger partial charge in [0.05, 0.1) is 11.3 Å². The highest BCUT2D eigenvalue weighted by molar-refractivity contribution is 9.10. The molecule has 0 unspecified atom stereocenters. The molecule has 0 bridgehead atoms. The predicted molar refractivity (Wildman–Crippen MR) is 52.5 cm³/mol. The fourth-order valence-electron chi connectivity index (χ4n) is 0.890. The van der Waals surface area contributed by atoms with Crippen LogP contribution in [0.25, 0.3) is 0 Å². The first-order valence-electron chi connectivity index (χ1n) is 3.73. The molecular formula is C8H10BrN3O. The maximum atomic E-state index is 11.5. The monoisotopic (exact) mass is 243 g/mol. The molecule has 1 aromatic rings. The molecule has 0 fully saturated rings. The van der Waals surface area contributed by atoms with Crippen molar-refractivity contribution in [2.75, 3.05) is 14.1 Å². The number of aryl methyl sites for hydroxylation is 1. The van der Waals surface area contributed by atoms with Gasteiger partial charge in [0, 0.05) is 20.3 Å². The van der Waals surface area contributed by atoms with Gasteiger partial charge in [-0.1, -0.05) is 0 Å². The van der Waals surface area contributed by atoms with Crippen molar-refractivity contribution < 1.29 is 4.79 Å². The van der Waals surface area contributed by atoms with Gasteiger partial charge in [0.15, 0.2) is 4.73 Å². The fourth-order valence-corrected chi connectivity index (χ4v) is 1.26. The fraction of sp³-hybridized carbons (Fsp3) is 0.375. The summed E-state index contributed by atoms with van der Waals surface area (Å²) in [5.74, 6) is -0.0787. The number of amides is 1. The molecule has 0 spiro atoms. The summed E-state index contributed by atoms with van der Waals surface area (Å²) in [5.41, 5.74) is 1.22. The molecule has 0 aliphatic heterocycles. The number of hydrogen-bond donors (Lipinski definition) is 0. The highest BCUT2D eigenvalue weighted by Gasteiger charge is 2.12. The molecular weight excluding hydrogens is 234 g/mol. The molecule has 0 radical (unpaired) electrons. The molecule has 0 aliphatic carbocycles. The van der Waals surface area contributed by atoms with E-state index in [0.29, 0.717) is 16.0 Å². The van der Waals surface area contributed by atoms with E-state index in [0.717, 1.165) is 0 Å². The average Bonchev–Trinajstić information content (AvgIpc) is 2.03. The lowest BCUT2D eigenvalue weighted by molar-refractivity contribution is 0.0826. The molecule has 0 atom stereocenters. The summed E-state index contributed by atoms with van der Waals surface area (Å²) in [4.78, 5) is 20.9. The van der Waals surface area contributed by atoms with E-state index >= 15 is 0 Å². The van der Waals surface area contributed by atoms with E-state index in [1.807, 2.05) is 0 Å². The first kappa shape index (κ1) is 10.1.